The summed E-state index contributed by atoms with van der Waals surface area (Å²) in [6, 6.07) is -0.521. The van der Waals surface area contributed by atoms with Crippen LogP contribution in [0.4, 0.5) is 0 Å². The van der Waals surface area contributed by atoms with E-state index in [2.05, 4.69) is 29.0 Å². The number of carbonyl (C=O) groups excluding carboxylic acids is 2. The molecule has 360 valence electrons. The van der Waals surface area contributed by atoms with Crippen molar-refractivity contribution in [3.63, 3.8) is 0 Å². The summed E-state index contributed by atoms with van der Waals surface area (Å²) in [4.78, 5) is 37.7. The van der Waals surface area contributed by atoms with Gasteiger partial charge in [-0.15, -0.1) is 0 Å². The molecule has 62 heavy (non-hydrogen) atoms. The maximum Gasteiger partial charge on any atom is 0.311 e. The fourth-order valence-corrected chi connectivity index (χ4v) is 9.91. The Morgan fingerprint density at radius 2 is 1.55 bits per heavy atom. The zero-order valence-electron chi connectivity index (χ0n) is 40.3. The number of likely N-dealkylation sites (N-methyl/N-ethyl adjacent to an activating group) is 1. The first-order valence-electron chi connectivity index (χ1n) is 23.0. The number of nitrogens with one attached hydrogen (secondary N) is 1. The monoisotopic (exact) mass is 887 g/mol. The number of ether oxygens (including phenoxy) is 8. The lowest BCUT2D eigenvalue weighted by Gasteiger charge is -2.49. The highest BCUT2D eigenvalue weighted by molar-refractivity contribution is 5.79. The third-order valence-electron chi connectivity index (χ3n) is 14.3. The van der Waals surface area contributed by atoms with Gasteiger partial charge in [-0.05, 0) is 93.8 Å². The average molecular weight is 887 g/mol. The number of rotatable bonds is 13. The first-order valence-corrected chi connectivity index (χ1v) is 23.0. The Labute approximate surface area is 370 Å². The van der Waals surface area contributed by atoms with Crippen molar-refractivity contribution in [1.82, 2.24) is 15.1 Å². The standard InChI is InChI=1S/C45H82N4O13/c1-16-32-45(12,54)36(50)29(8)47-39(52)25(4)23-44(11,56-15)38(27(6)34(28(7)40(53)59-32)60-33-24-43(10,55-14)37(51)30(9)58-33)62-41-35-31(22-26(5)57-41)48(13)42(61-35)46-20-19-21-49(17-2)18-3/h25-38,41,50-51,54H,16-24H2,1-15H3,(H,47,52)/t25-,26-,27+,28-,29-,30+,31+,32-,33+,34+,35-,36-,37+,38-,41+,43-,44-,45-/m1/s1. The molecule has 0 saturated carbocycles. The molecule has 4 saturated heterocycles. The van der Waals surface area contributed by atoms with E-state index in [1.807, 2.05) is 27.8 Å². The van der Waals surface area contributed by atoms with E-state index in [1.54, 1.807) is 48.7 Å². The van der Waals surface area contributed by atoms with Gasteiger partial charge in [0.05, 0.1) is 53.6 Å². The lowest BCUT2D eigenvalue weighted by atomic mass is 9.77. The molecule has 17 nitrogen and oxygen atoms in total. The number of amides is 1. The molecule has 17 heteroatoms. The van der Waals surface area contributed by atoms with Crippen molar-refractivity contribution in [2.45, 2.75) is 205 Å². The van der Waals surface area contributed by atoms with E-state index >= 15 is 0 Å². The molecule has 1 amide bonds. The topological polar surface area (TPSA) is 200 Å². The minimum Gasteiger partial charge on any atom is -0.459 e. The Balaban J connectivity index is 1.82. The Morgan fingerprint density at radius 3 is 2.15 bits per heavy atom. The molecule has 0 aromatic heterocycles. The van der Waals surface area contributed by atoms with E-state index in [9.17, 15) is 24.9 Å². The van der Waals surface area contributed by atoms with Gasteiger partial charge in [-0.2, -0.15) is 0 Å². The number of methoxy groups -OCH3 is 2. The third kappa shape index (κ3) is 11.6. The van der Waals surface area contributed by atoms with E-state index in [4.69, 9.17) is 42.9 Å². The third-order valence-corrected chi connectivity index (χ3v) is 14.3. The second-order valence-electron chi connectivity index (χ2n) is 19.0. The molecular weight excluding hydrogens is 805 g/mol. The number of aliphatic hydroxyl groups excluding tert-OH is 2. The predicted octanol–water partition coefficient (Wildman–Crippen LogP) is 3.24. The fraction of sp³-hybridized carbons (Fsp3) is 0.933. The van der Waals surface area contributed by atoms with E-state index in [-0.39, 0.29) is 37.3 Å². The maximum absolute atomic E-state index is 14.5. The number of aliphatic hydroxyl groups is 3. The highest BCUT2D eigenvalue weighted by Crippen LogP contribution is 2.42. The molecule has 0 aromatic rings. The second-order valence-corrected chi connectivity index (χ2v) is 19.0. The number of cyclic esters (lactones) is 1. The summed E-state index contributed by atoms with van der Waals surface area (Å²) in [5, 5.41) is 37.1. The lowest BCUT2D eigenvalue weighted by molar-refractivity contribution is -0.315. The molecule has 4 fully saturated rings. The quantitative estimate of drug-likeness (QED) is 0.155. The normalized spacial score (nSPS) is 44.6. The SMILES string of the molecule is CC[C@H]1OC(=O)[C@H](C)[C@@H](O[C@H]2C[C@@](C)(OC)[C@@H](O)[C@H](C)O2)[C@H](C)[C@@H](O[C@@H]2O[C@H](C)C[C@H]3[C@H]2OC(=NCCCN(CC)CC)N3C)[C@](C)(OC)C[C@@H](C)C(=O)N[C@H](C)[C@@H](O)[C@]1(C)O. The number of carbonyl (C=O) groups is 2. The predicted molar refractivity (Wildman–Crippen MR) is 232 cm³/mol. The summed E-state index contributed by atoms with van der Waals surface area (Å²) < 4.78 is 51.8. The Hall–Kier alpha value is -2.19. The van der Waals surface area contributed by atoms with Crippen molar-refractivity contribution < 1.29 is 62.8 Å². The summed E-state index contributed by atoms with van der Waals surface area (Å²) >= 11 is 0. The Bertz CT molecular complexity index is 1490. The van der Waals surface area contributed by atoms with Gasteiger partial charge in [0, 0.05) is 46.1 Å². The van der Waals surface area contributed by atoms with Gasteiger partial charge in [0.1, 0.15) is 23.9 Å². The van der Waals surface area contributed by atoms with Gasteiger partial charge in [-0.3, -0.25) is 9.59 Å². The van der Waals surface area contributed by atoms with E-state index in [0.717, 1.165) is 26.1 Å². The lowest BCUT2D eigenvalue weighted by Crippen LogP contribution is -2.60. The number of nitrogens with zero attached hydrogens (tertiary/aromatic N) is 3. The van der Waals surface area contributed by atoms with Crippen LogP contribution < -0.4 is 5.32 Å². The molecule has 0 aromatic carbocycles. The minimum atomic E-state index is -1.94. The summed E-state index contributed by atoms with van der Waals surface area (Å²) in [6.07, 6.45) is -6.95. The first-order chi connectivity index (χ1) is 29.0. The van der Waals surface area contributed by atoms with Crippen molar-refractivity contribution in [3.05, 3.63) is 0 Å². The smallest absolute Gasteiger partial charge is 0.311 e. The zero-order valence-corrected chi connectivity index (χ0v) is 40.3. The van der Waals surface area contributed by atoms with Crippen LogP contribution >= 0.6 is 0 Å². The molecular formula is C45H82N4O13. The molecule has 0 spiro atoms. The Kier molecular flexibility index (Phi) is 18.5. The van der Waals surface area contributed by atoms with Crippen LogP contribution in [0.2, 0.25) is 0 Å². The van der Waals surface area contributed by atoms with E-state index in [0.29, 0.717) is 19.0 Å². The molecule has 4 rings (SSSR count). The van der Waals surface area contributed by atoms with Crippen molar-refractivity contribution in [2.24, 2.45) is 22.7 Å². The molecule has 0 radical (unpaired) electrons. The van der Waals surface area contributed by atoms with Crippen LogP contribution in [0.1, 0.15) is 115 Å². The van der Waals surface area contributed by atoms with E-state index in [1.165, 1.54) is 14.0 Å². The highest BCUT2D eigenvalue weighted by Gasteiger charge is 2.55. The van der Waals surface area contributed by atoms with Gasteiger partial charge in [-0.25, -0.2) is 4.99 Å². The second kappa shape index (κ2) is 21.9. The van der Waals surface area contributed by atoms with Crippen molar-refractivity contribution in [1.29, 1.82) is 0 Å². The van der Waals surface area contributed by atoms with Gasteiger partial charge in [0.25, 0.3) is 6.02 Å². The number of aliphatic imine (C=N–C) groups is 1. The summed E-state index contributed by atoms with van der Waals surface area (Å²) in [7, 11) is 5.05. The van der Waals surface area contributed by atoms with Crippen LogP contribution in [-0.2, 0) is 47.5 Å². The van der Waals surface area contributed by atoms with E-state index < -0.39 is 102 Å². The molecule has 4 aliphatic heterocycles. The molecule has 0 bridgehead atoms. The van der Waals surface area contributed by atoms with Gasteiger partial charge < -0.3 is 68.3 Å². The molecule has 18 atom stereocenters. The molecule has 4 aliphatic rings. The van der Waals surface area contributed by atoms with Gasteiger partial charge in [0.2, 0.25) is 5.91 Å². The maximum atomic E-state index is 14.5. The average Bonchev–Trinajstić information content (AvgIpc) is 3.55. The van der Waals surface area contributed by atoms with Crippen LogP contribution in [0.5, 0.6) is 0 Å². The molecule has 0 aliphatic carbocycles. The molecule has 4 N–H and O–H groups in total. The van der Waals surface area contributed by atoms with Crippen molar-refractivity contribution in [2.75, 3.05) is 47.4 Å². The number of fused-ring (bicyclic) bond motifs is 1. The highest BCUT2D eigenvalue weighted by atomic mass is 16.7. The minimum absolute atomic E-state index is 0.121. The summed E-state index contributed by atoms with van der Waals surface area (Å²) in [6.45, 7) is 25.2. The van der Waals surface area contributed by atoms with Crippen LogP contribution in [0.25, 0.3) is 0 Å². The molecule has 0 unspecified atom stereocenters. The van der Waals surface area contributed by atoms with Crippen molar-refractivity contribution in [3.8, 4) is 0 Å². The summed E-state index contributed by atoms with van der Waals surface area (Å²) in [5.74, 6) is -3.48. The first kappa shape index (κ1) is 52.4. The number of esters is 1. The zero-order chi connectivity index (χ0) is 46.5. The van der Waals surface area contributed by atoms with Gasteiger partial charge >= 0.3 is 5.97 Å². The summed E-state index contributed by atoms with van der Waals surface area (Å²) in [5.41, 5.74) is -4.21. The van der Waals surface area contributed by atoms with Crippen LogP contribution in [-0.4, -0.2) is 181 Å². The number of hydrogen-bond acceptors (Lipinski definition) is 15. The number of amidine groups is 1. The number of hydrogen-bond donors (Lipinski definition) is 4. The largest absolute Gasteiger partial charge is 0.459 e. The van der Waals surface area contributed by atoms with Crippen molar-refractivity contribution >= 4 is 17.9 Å². The molecule has 4 heterocycles. The van der Waals surface area contributed by atoms with Gasteiger partial charge in [-0.1, -0.05) is 34.6 Å². The van der Waals surface area contributed by atoms with Crippen LogP contribution in [0, 0.1) is 17.8 Å². The van der Waals surface area contributed by atoms with Crippen LogP contribution in [0.15, 0.2) is 4.99 Å². The Morgan fingerprint density at radius 1 is 0.903 bits per heavy atom. The van der Waals surface area contributed by atoms with Gasteiger partial charge in [0.15, 0.2) is 18.7 Å². The van der Waals surface area contributed by atoms with Crippen LogP contribution in [0.3, 0.4) is 0 Å². The fourth-order valence-electron chi connectivity index (χ4n) is 9.91.